The van der Waals surface area contributed by atoms with Crippen molar-refractivity contribution in [2.75, 3.05) is 43.0 Å². The number of sulfonamides is 1. The van der Waals surface area contributed by atoms with Crippen molar-refractivity contribution < 1.29 is 17.9 Å². The van der Waals surface area contributed by atoms with Crippen LogP contribution >= 0.6 is 0 Å². The third-order valence-corrected chi connectivity index (χ3v) is 5.52. The summed E-state index contributed by atoms with van der Waals surface area (Å²) in [6, 6.07) is 13.3. The molecule has 2 aromatic carbocycles. The number of benzene rings is 2. The quantitative estimate of drug-likeness (QED) is 0.864. The Labute approximate surface area is 152 Å². The van der Waals surface area contributed by atoms with Crippen LogP contribution < -0.4 is 14.4 Å². The average Bonchev–Trinajstić information content (AvgIpc) is 2.68. The SMILES string of the molecule is COc1ccc(N2CCOCC2)cc1NS(=O)(=O)c1ccccc1C#N. The predicted octanol–water partition coefficient (Wildman–Crippen LogP) is 2.20. The first-order valence-electron chi connectivity index (χ1n) is 8.08. The molecule has 0 aliphatic carbocycles. The zero-order valence-corrected chi connectivity index (χ0v) is 15.1. The maximum absolute atomic E-state index is 12.8. The summed E-state index contributed by atoms with van der Waals surface area (Å²) in [5.41, 5.74) is 1.29. The molecule has 0 aromatic heterocycles. The molecule has 136 valence electrons. The zero-order valence-electron chi connectivity index (χ0n) is 14.3. The van der Waals surface area contributed by atoms with Gasteiger partial charge < -0.3 is 14.4 Å². The second-order valence-electron chi connectivity index (χ2n) is 5.70. The highest BCUT2D eigenvalue weighted by atomic mass is 32.2. The number of nitrogens with one attached hydrogen (secondary N) is 1. The molecular weight excluding hydrogens is 354 g/mol. The van der Waals surface area contributed by atoms with Gasteiger partial charge in [-0.2, -0.15) is 5.26 Å². The van der Waals surface area contributed by atoms with E-state index in [9.17, 15) is 13.7 Å². The van der Waals surface area contributed by atoms with Crippen LogP contribution in [0.25, 0.3) is 0 Å². The molecule has 7 nitrogen and oxygen atoms in total. The van der Waals surface area contributed by atoms with Crippen molar-refractivity contribution in [1.29, 1.82) is 5.26 Å². The van der Waals surface area contributed by atoms with Crippen LogP contribution in [0.5, 0.6) is 5.75 Å². The number of methoxy groups -OCH3 is 1. The third kappa shape index (κ3) is 3.74. The Hall–Kier alpha value is -2.76. The van der Waals surface area contributed by atoms with Crippen molar-refractivity contribution in [3.8, 4) is 11.8 Å². The molecule has 0 spiro atoms. The van der Waals surface area contributed by atoms with Crippen molar-refractivity contribution in [3.63, 3.8) is 0 Å². The number of anilines is 2. The lowest BCUT2D eigenvalue weighted by molar-refractivity contribution is 0.122. The van der Waals surface area contributed by atoms with Gasteiger partial charge in [-0.15, -0.1) is 0 Å². The fourth-order valence-corrected chi connectivity index (χ4v) is 4.01. The maximum atomic E-state index is 12.8. The van der Waals surface area contributed by atoms with E-state index in [0.717, 1.165) is 18.8 Å². The van der Waals surface area contributed by atoms with Crippen LogP contribution in [0.4, 0.5) is 11.4 Å². The first kappa shape index (κ1) is 18.0. The van der Waals surface area contributed by atoms with Crippen LogP contribution in [0.2, 0.25) is 0 Å². The molecule has 1 fully saturated rings. The predicted molar refractivity (Wildman–Crippen MR) is 98.0 cm³/mol. The van der Waals surface area contributed by atoms with Crippen molar-refractivity contribution >= 4 is 21.4 Å². The standard InChI is InChI=1S/C18H19N3O4S/c1-24-17-7-6-15(21-8-10-25-11-9-21)12-16(17)20-26(22,23)18-5-3-2-4-14(18)13-19/h2-7,12,20H,8-11H2,1H3. The van der Waals surface area contributed by atoms with Crippen molar-refractivity contribution in [2.45, 2.75) is 4.90 Å². The number of morpholine rings is 1. The van der Waals surface area contributed by atoms with Gasteiger partial charge in [0.2, 0.25) is 0 Å². The topological polar surface area (TPSA) is 91.7 Å². The molecule has 3 rings (SSSR count). The summed E-state index contributed by atoms with van der Waals surface area (Å²) in [5.74, 6) is 0.403. The first-order valence-corrected chi connectivity index (χ1v) is 9.56. The van der Waals surface area contributed by atoms with Crippen LogP contribution in [-0.4, -0.2) is 41.8 Å². The molecule has 1 aliphatic heterocycles. The Morgan fingerprint density at radius 1 is 1.19 bits per heavy atom. The number of nitrogens with zero attached hydrogens (tertiary/aromatic N) is 2. The fourth-order valence-electron chi connectivity index (χ4n) is 2.79. The number of hydrogen-bond donors (Lipinski definition) is 1. The van der Waals surface area contributed by atoms with E-state index >= 15 is 0 Å². The van der Waals surface area contributed by atoms with Gasteiger partial charge in [0.25, 0.3) is 10.0 Å². The fraction of sp³-hybridized carbons (Fsp3) is 0.278. The Kier molecular flexibility index (Phi) is 5.30. The molecule has 1 saturated heterocycles. The van der Waals surface area contributed by atoms with E-state index in [0.29, 0.717) is 24.7 Å². The van der Waals surface area contributed by atoms with Gasteiger partial charge in [-0.3, -0.25) is 4.72 Å². The van der Waals surface area contributed by atoms with Crippen LogP contribution in [0, 0.1) is 11.3 Å². The van der Waals surface area contributed by atoms with Gasteiger partial charge in [-0.1, -0.05) is 12.1 Å². The minimum atomic E-state index is -3.93. The van der Waals surface area contributed by atoms with Gasteiger partial charge in [0.05, 0.1) is 31.6 Å². The van der Waals surface area contributed by atoms with E-state index in [1.54, 1.807) is 24.3 Å². The molecule has 26 heavy (non-hydrogen) atoms. The van der Waals surface area contributed by atoms with Crippen LogP contribution in [-0.2, 0) is 14.8 Å². The van der Waals surface area contributed by atoms with E-state index < -0.39 is 10.0 Å². The Balaban J connectivity index is 1.96. The van der Waals surface area contributed by atoms with Gasteiger partial charge in [-0.25, -0.2) is 8.42 Å². The van der Waals surface area contributed by atoms with Gasteiger partial charge in [0, 0.05) is 18.8 Å². The van der Waals surface area contributed by atoms with Crippen molar-refractivity contribution in [2.24, 2.45) is 0 Å². The van der Waals surface area contributed by atoms with Gasteiger partial charge in [0.15, 0.2) is 0 Å². The van der Waals surface area contributed by atoms with E-state index in [4.69, 9.17) is 9.47 Å². The lowest BCUT2D eigenvalue weighted by atomic mass is 10.2. The van der Waals surface area contributed by atoms with Crippen molar-refractivity contribution in [1.82, 2.24) is 0 Å². The molecule has 2 aromatic rings. The van der Waals surface area contributed by atoms with E-state index in [-0.39, 0.29) is 10.5 Å². The van der Waals surface area contributed by atoms with Gasteiger partial charge >= 0.3 is 0 Å². The molecule has 0 amide bonds. The lowest BCUT2D eigenvalue weighted by Gasteiger charge is -2.29. The minimum absolute atomic E-state index is 0.0682. The van der Waals surface area contributed by atoms with E-state index in [1.807, 2.05) is 12.1 Å². The minimum Gasteiger partial charge on any atom is -0.495 e. The molecule has 0 unspecified atom stereocenters. The highest BCUT2D eigenvalue weighted by Gasteiger charge is 2.21. The molecule has 1 N–H and O–H groups in total. The summed E-state index contributed by atoms with van der Waals surface area (Å²) in [4.78, 5) is 2.05. The molecule has 1 aliphatic rings. The largest absolute Gasteiger partial charge is 0.495 e. The summed E-state index contributed by atoms with van der Waals surface area (Å²) in [5, 5.41) is 9.18. The Bertz CT molecular complexity index is 932. The lowest BCUT2D eigenvalue weighted by Crippen LogP contribution is -2.36. The van der Waals surface area contributed by atoms with Gasteiger partial charge in [0.1, 0.15) is 16.7 Å². The highest BCUT2D eigenvalue weighted by Crippen LogP contribution is 2.32. The molecule has 0 bridgehead atoms. The maximum Gasteiger partial charge on any atom is 0.263 e. The summed E-state index contributed by atoms with van der Waals surface area (Å²) >= 11 is 0. The molecule has 8 heteroatoms. The van der Waals surface area contributed by atoms with E-state index in [2.05, 4.69) is 9.62 Å². The highest BCUT2D eigenvalue weighted by molar-refractivity contribution is 7.92. The molecule has 1 heterocycles. The third-order valence-electron chi connectivity index (χ3n) is 4.10. The summed E-state index contributed by atoms with van der Waals surface area (Å²) in [6.45, 7) is 2.72. The normalized spacial score (nSPS) is 14.5. The number of hydrogen-bond acceptors (Lipinski definition) is 6. The molecule has 0 saturated carbocycles. The second-order valence-corrected chi connectivity index (χ2v) is 7.35. The van der Waals surface area contributed by atoms with Crippen LogP contribution in [0.1, 0.15) is 5.56 Å². The monoisotopic (exact) mass is 373 g/mol. The Morgan fingerprint density at radius 3 is 2.62 bits per heavy atom. The summed E-state index contributed by atoms with van der Waals surface area (Å²) in [7, 11) is -2.45. The average molecular weight is 373 g/mol. The smallest absolute Gasteiger partial charge is 0.263 e. The van der Waals surface area contributed by atoms with Crippen molar-refractivity contribution in [3.05, 3.63) is 48.0 Å². The van der Waals surface area contributed by atoms with Crippen LogP contribution in [0.3, 0.4) is 0 Å². The van der Waals surface area contributed by atoms with Gasteiger partial charge in [-0.05, 0) is 30.3 Å². The number of nitriles is 1. The molecular formula is C18H19N3O4S. The summed E-state index contributed by atoms with van der Waals surface area (Å²) < 4.78 is 38.8. The molecule has 0 radical (unpaired) electrons. The Morgan fingerprint density at radius 2 is 1.92 bits per heavy atom. The molecule has 0 atom stereocenters. The summed E-state index contributed by atoms with van der Waals surface area (Å²) in [6.07, 6.45) is 0. The number of rotatable bonds is 5. The first-order chi connectivity index (χ1) is 12.5. The zero-order chi connectivity index (χ0) is 18.6. The second kappa shape index (κ2) is 7.64. The number of ether oxygens (including phenoxy) is 2. The van der Waals surface area contributed by atoms with Crippen LogP contribution in [0.15, 0.2) is 47.4 Å². The van der Waals surface area contributed by atoms with E-state index in [1.165, 1.54) is 19.2 Å².